The van der Waals surface area contributed by atoms with Crippen LogP contribution in [-0.2, 0) is 10.6 Å². The normalized spacial score (nSPS) is 9.56. The Hall–Kier alpha value is -1.73. The first kappa shape index (κ1) is 12.3. The minimum absolute atomic E-state index is 0.0316. The fourth-order valence-electron chi connectivity index (χ4n) is 1.31. The zero-order valence-electron chi connectivity index (χ0n) is 8.66. The lowest BCUT2D eigenvalue weighted by Gasteiger charge is -2.09. The molecule has 0 unspecified atom stereocenters. The number of rotatable bonds is 3. The Labute approximate surface area is 98.0 Å². The molecule has 5 heteroatoms. The highest BCUT2D eigenvalue weighted by Crippen LogP contribution is 2.26. The Balaban J connectivity index is 3.35. The van der Waals surface area contributed by atoms with Gasteiger partial charge in [0.15, 0.2) is 0 Å². The number of alkyl halides is 1. The van der Waals surface area contributed by atoms with Crippen LogP contribution < -0.4 is 0 Å². The third-order valence-corrected chi connectivity index (χ3v) is 2.29. The Bertz CT molecular complexity index is 451. The van der Waals surface area contributed by atoms with E-state index in [1.54, 1.807) is 6.92 Å². The van der Waals surface area contributed by atoms with Crippen LogP contribution in [0.1, 0.15) is 28.4 Å². The monoisotopic (exact) mass is 239 g/mol. The molecule has 0 saturated heterocycles. The largest absolute Gasteiger partial charge is 0.507 e. The number of phenolic OH excluding ortho intramolecular Hbond substituents is 1. The van der Waals surface area contributed by atoms with Crippen molar-refractivity contribution >= 4 is 17.6 Å². The molecule has 1 rings (SSSR count). The average Bonchev–Trinajstić information content (AvgIpc) is 2.28. The smallest absolute Gasteiger partial charge is 0.342 e. The summed E-state index contributed by atoms with van der Waals surface area (Å²) in [6.07, 6.45) is 0. The first-order valence-corrected chi connectivity index (χ1v) is 5.17. The number of benzene rings is 1. The van der Waals surface area contributed by atoms with Gasteiger partial charge in [0, 0.05) is 11.4 Å². The highest BCUT2D eigenvalue weighted by Gasteiger charge is 2.20. The van der Waals surface area contributed by atoms with E-state index >= 15 is 0 Å². The number of aromatic hydroxyl groups is 1. The summed E-state index contributed by atoms with van der Waals surface area (Å²) in [6, 6.07) is 4.60. The summed E-state index contributed by atoms with van der Waals surface area (Å²) in [5, 5.41) is 18.4. The lowest BCUT2D eigenvalue weighted by molar-refractivity contribution is 0.0522. The summed E-state index contributed by atoms with van der Waals surface area (Å²) in [4.78, 5) is 11.6. The maximum Gasteiger partial charge on any atom is 0.342 e. The van der Waals surface area contributed by atoms with Gasteiger partial charge in [0.1, 0.15) is 11.3 Å². The molecular formula is C11H10ClNO3. The minimum Gasteiger partial charge on any atom is -0.507 e. The molecule has 1 N–H and O–H groups in total. The highest BCUT2D eigenvalue weighted by molar-refractivity contribution is 6.18. The molecule has 0 saturated carbocycles. The number of halogens is 1. The molecule has 0 atom stereocenters. The van der Waals surface area contributed by atoms with Crippen LogP contribution in [0.25, 0.3) is 0 Å². The molecule has 0 aliphatic heterocycles. The molecule has 0 fully saturated rings. The standard InChI is InChI=1S/C11H10ClNO3/c1-2-16-11(15)10-8(5-12)7(6-13)3-4-9(10)14/h3-4,14H,2,5H2,1H3. The number of nitrogens with zero attached hydrogens (tertiary/aromatic N) is 1. The average molecular weight is 240 g/mol. The van der Waals surface area contributed by atoms with Crippen molar-refractivity contribution in [1.29, 1.82) is 5.26 Å². The lowest BCUT2D eigenvalue weighted by atomic mass is 10.0. The second-order valence-corrected chi connectivity index (χ2v) is 3.22. The SMILES string of the molecule is CCOC(=O)c1c(O)ccc(C#N)c1CCl. The molecule has 84 valence electrons. The van der Waals surface area contributed by atoms with Gasteiger partial charge in [0.25, 0.3) is 0 Å². The summed E-state index contributed by atoms with van der Waals surface area (Å²) < 4.78 is 4.78. The van der Waals surface area contributed by atoms with Gasteiger partial charge in [-0.1, -0.05) is 0 Å². The maximum atomic E-state index is 11.6. The van der Waals surface area contributed by atoms with Crippen LogP contribution >= 0.6 is 11.6 Å². The van der Waals surface area contributed by atoms with Crippen molar-refractivity contribution in [2.45, 2.75) is 12.8 Å². The number of carbonyl (C=O) groups is 1. The van der Waals surface area contributed by atoms with Crippen LogP contribution in [0.15, 0.2) is 12.1 Å². The first-order chi connectivity index (χ1) is 7.65. The van der Waals surface area contributed by atoms with E-state index in [2.05, 4.69) is 0 Å². The topological polar surface area (TPSA) is 70.3 Å². The fourth-order valence-corrected chi connectivity index (χ4v) is 1.59. The van der Waals surface area contributed by atoms with Gasteiger partial charge < -0.3 is 9.84 Å². The summed E-state index contributed by atoms with van der Waals surface area (Å²) in [5.41, 5.74) is 0.523. The molecule has 0 heterocycles. The Morgan fingerprint density at radius 3 is 2.81 bits per heavy atom. The summed E-state index contributed by atoms with van der Waals surface area (Å²) in [6.45, 7) is 1.85. The Kier molecular flexibility index (Phi) is 4.15. The van der Waals surface area contributed by atoms with E-state index in [1.807, 2.05) is 6.07 Å². The minimum atomic E-state index is -0.673. The summed E-state index contributed by atoms with van der Waals surface area (Å²) in [5.74, 6) is -0.938. The second kappa shape index (κ2) is 5.38. The zero-order valence-corrected chi connectivity index (χ0v) is 9.41. The summed E-state index contributed by atoms with van der Waals surface area (Å²) in [7, 11) is 0. The van der Waals surface area contributed by atoms with E-state index in [-0.39, 0.29) is 29.4 Å². The highest BCUT2D eigenvalue weighted by atomic mass is 35.5. The molecule has 4 nitrogen and oxygen atoms in total. The number of hydrogen-bond donors (Lipinski definition) is 1. The first-order valence-electron chi connectivity index (χ1n) is 4.63. The molecule has 0 bridgehead atoms. The molecule has 0 spiro atoms. The zero-order chi connectivity index (χ0) is 12.1. The van der Waals surface area contributed by atoms with Gasteiger partial charge in [-0.3, -0.25) is 0 Å². The maximum absolute atomic E-state index is 11.6. The molecule has 0 aliphatic rings. The predicted octanol–water partition coefficient (Wildman–Crippen LogP) is 2.18. The molecule has 16 heavy (non-hydrogen) atoms. The van der Waals surface area contributed by atoms with Gasteiger partial charge in [0.05, 0.1) is 18.2 Å². The van der Waals surface area contributed by atoms with Gasteiger partial charge in [-0.2, -0.15) is 5.26 Å². The molecule has 0 amide bonds. The number of ether oxygens (including phenoxy) is 1. The van der Waals surface area contributed by atoms with Gasteiger partial charge in [-0.25, -0.2) is 4.79 Å². The molecular weight excluding hydrogens is 230 g/mol. The number of esters is 1. The van der Waals surface area contributed by atoms with Crippen molar-refractivity contribution in [1.82, 2.24) is 0 Å². The van der Waals surface area contributed by atoms with E-state index in [0.29, 0.717) is 5.56 Å². The molecule has 1 aromatic rings. The van der Waals surface area contributed by atoms with Crippen molar-refractivity contribution < 1.29 is 14.6 Å². The third-order valence-electron chi connectivity index (χ3n) is 2.02. The number of nitriles is 1. The lowest BCUT2D eigenvalue weighted by Crippen LogP contribution is -2.09. The Morgan fingerprint density at radius 1 is 1.62 bits per heavy atom. The quantitative estimate of drug-likeness (QED) is 0.648. The van der Waals surface area contributed by atoms with E-state index in [1.165, 1.54) is 12.1 Å². The van der Waals surface area contributed by atoms with E-state index in [9.17, 15) is 9.90 Å². The van der Waals surface area contributed by atoms with Crippen molar-refractivity contribution in [3.05, 3.63) is 28.8 Å². The van der Waals surface area contributed by atoms with E-state index in [4.69, 9.17) is 21.6 Å². The van der Waals surface area contributed by atoms with Gasteiger partial charge in [0.2, 0.25) is 0 Å². The molecule has 0 aromatic heterocycles. The van der Waals surface area contributed by atoms with E-state index in [0.717, 1.165) is 0 Å². The van der Waals surface area contributed by atoms with Crippen molar-refractivity contribution in [2.24, 2.45) is 0 Å². The number of carbonyl (C=O) groups excluding carboxylic acids is 1. The number of hydrogen-bond acceptors (Lipinski definition) is 4. The fraction of sp³-hybridized carbons (Fsp3) is 0.273. The van der Waals surface area contributed by atoms with Crippen LogP contribution in [0.3, 0.4) is 0 Å². The van der Waals surface area contributed by atoms with Crippen LogP contribution in [-0.4, -0.2) is 17.7 Å². The second-order valence-electron chi connectivity index (χ2n) is 2.95. The molecule has 0 radical (unpaired) electrons. The van der Waals surface area contributed by atoms with Gasteiger partial charge in [-0.15, -0.1) is 11.6 Å². The van der Waals surface area contributed by atoms with Crippen LogP contribution in [0.4, 0.5) is 0 Å². The van der Waals surface area contributed by atoms with Gasteiger partial charge >= 0.3 is 5.97 Å². The molecule has 1 aromatic carbocycles. The summed E-state index contributed by atoms with van der Waals surface area (Å²) >= 11 is 5.66. The number of phenols is 1. The van der Waals surface area contributed by atoms with Crippen molar-refractivity contribution in [3.63, 3.8) is 0 Å². The predicted molar refractivity (Wildman–Crippen MR) is 58.3 cm³/mol. The third kappa shape index (κ3) is 2.26. The molecule has 0 aliphatic carbocycles. The van der Waals surface area contributed by atoms with E-state index < -0.39 is 5.97 Å². The van der Waals surface area contributed by atoms with Crippen LogP contribution in [0, 0.1) is 11.3 Å². The Morgan fingerprint density at radius 2 is 2.31 bits per heavy atom. The van der Waals surface area contributed by atoms with Crippen molar-refractivity contribution in [3.8, 4) is 11.8 Å². The van der Waals surface area contributed by atoms with Gasteiger partial charge in [-0.05, 0) is 19.1 Å². The van der Waals surface area contributed by atoms with Crippen LogP contribution in [0.5, 0.6) is 5.75 Å². The van der Waals surface area contributed by atoms with Crippen LogP contribution in [0.2, 0.25) is 0 Å². The van der Waals surface area contributed by atoms with Crippen molar-refractivity contribution in [2.75, 3.05) is 6.61 Å².